The van der Waals surface area contributed by atoms with Crippen molar-refractivity contribution >= 4 is 11.8 Å². The molecular formula is C18H20N4O3. The minimum Gasteiger partial charge on any atom is -0.348 e. The lowest BCUT2D eigenvalue weighted by Crippen LogP contribution is -2.46. The summed E-state index contributed by atoms with van der Waals surface area (Å²) in [7, 11) is 0. The second-order valence-electron chi connectivity index (χ2n) is 6.61. The zero-order valence-corrected chi connectivity index (χ0v) is 13.9. The molecule has 2 heterocycles. The lowest BCUT2D eigenvalue weighted by Gasteiger charge is -2.31. The van der Waals surface area contributed by atoms with Crippen LogP contribution in [0.3, 0.4) is 0 Å². The van der Waals surface area contributed by atoms with Crippen LogP contribution < -0.4 is 5.32 Å². The van der Waals surface area contributed by atoms with Gasteiger partial charge in [-0.2, -0.15) is 4.98 Å². The maximum absolute atomic E-state index is 12.4. The van der Waals surface area contributed by atoms with Crippen LogP contribution >= 0.6 is 0 Å². The maximum Gasteiger partial charge on any atom is 0.257 e. The third-order valence-corrected chi connectivity index (χ3v) is 4.71. The Morgan fingerprint density at radius 2 is 2.04 bits per heavy atom. The van der Waals surface area contributed by atoms with Crippen molar-refractivity contribution in [2.24, 2.45) is 5.92 Å². The van der Waals surface area contributed by atoms with Crippen LogP contribution in [0.4, 0.5) is 0 Å². The number of hydrogen-bond acceptors (Lipinski definition) is 5. The number of hydrogen-bond donors (Lipinski definition) is 1. The number of piperidine rings is 1. The van der Waals surface area contributed by atoms with Gasteiger partial charge in [0.1, 0.15) is 0 Å². The van der Waals surface area contributed by atoms with Crippen molar-refractivity contribution in [3.05, 3.63) is 36.2 Å². The van der Waals surface area contributed by atoms with E-state index in [2.05, 4.69) is 15.5 Å². The van der Waals surface area contributed by atoms with Gasteiger partial charge >= 0.3 is 0 Å². The molecule has 1 N–H and O–H groups in total. The van der Waals surface area contributed by atoms with E-state index in [1.165, 1.54) is 0 Å². The average molecular weight is 340 g/mol. The monoisotopic (exact) mass is 340 g/mol. The number of rotatable bonds is 5. The zero-order chi connectivity index (χ0) is 17.2. The van der Waals surface area contributed by atoms with Gasteiger partial charge in [0, 0.05) is 24.6 Å². The highest BCUT2D eigenvalue weighted by Gasteiger charge is 2.38. The van der Waals surface area contributed by atoms with Gasteiger partial charge in [0.2, 0.25) is 11.8 Å². The maximum atomic E-state index is 12.4. The Bertz CT molecular complexity index is 770. The summed E-state index contributed by atoms with van der Waals surface area (Å²) in [6.45, 7) is 0.750. The Kier molecular flexibility index (Phi) is 4.21. The van der Waals surface area contributed by atoms with E-state index < -0.39 is 0 Å². The number of amides is 2. The summed E-state index contributed by atoms with van der Waals surface area (Å²) < 4.78 is 5.23. The summed E-state index contributed by atoms with van der Waals surface area (Å²) in [4.78, 5) is 30.5. The van der Waals surface area contributed by atoms with Gasteiger partial charge in [-0.1, -0.05) is 23.4 Å². The number of nitrogens with zero attached hydrogens (tertiary/aromatic N) is 3. The molecule has 1 saturated carbocycles. The van der Waals surface area contributed by atoms with Gasteiger partial charge in [-0.25, -0.2) is 0 Å². The molecule has 2 fully saturated rings. The fraction of sp³-hybridized carbons (Fsp3) is 0.444. The number of likely N-dealkylation sites (tertiary alicyclic amines) is 1. The summed E-state index contributed by atoms with van der Waals surface area (Å²) in [5, 5.41) is 6.78. The van der Waals surface area contributed by atoms with Crippen molar-refractivity contribution in [3.8, 4) is 11.5 Å². The Morgan fingerprint density at radius 1 is 1.24 bits per heavy atom. The molecule has 1 atom stereocenters. The van der Waals surface area contributed by atoms with Crippen molar-refractivity contribution in [2.45, 2.75) is 38.3 Å². The lowest BCUT2D eigenvalue weighted by atomic mass is 9.96. The molecule has 1 saturated heterocycles. The van der Waals surface area contributed by atoms with Crippen LogP contribution in [-0.2, 0) is 16.1 Å². The van der Waals surface area contributed by atoms with E-state index in [9.17, 15) is 9.59 Å². The quantitative estimate of drug-likeness (QED) is 0.896. The first-order chi connectivity index (χ1) is 12.2. The zero-order valence-electron chi connectivity index (χ0n) is 13.9. The second kappa shape index (κ2) is 6.66. The van der Waals surface area contributed by atoms with Gasteiger partial charge < -0.3 is 14.7 Å². The van der Waals surface area contributed by atoms with Crippen LogP contribution in [0.5, 0.6) is 0 Å². The highest BCUT2D eigenvalue weighted by Crippen LogP contribution is 2.31. The summed E-state index contributed by atoms with van der Waals surface area (Å²) in [5.74, 6) is 0.853. The minimum absolute atomic E-state index is 0.0517. The van der Waals surface area contributed by atoms with Crippen LogP contribution in [0.1, 0.15) is 31.5 Å². The topological polar surface area (TPSA) is 88.3 Å². The molecule has 1 aromatic heterocycles. The van der Waals surface area contributed by atoms with Gasteiger partial charge in [-0.3, -0.25) is 9.59 Å². The van der Waals surface area contributed by atoms with Crippen LogP contribution in [0.15, 0.2) is 34.9 Å². The largest absolute Gasteiger partial charge is 0.348 e. The summed E-state index contributed by atoms with van der Waals surface area (Å²) in [5.41, 5.74) is 0.846. The summed E-state index contributed by atoms with van der Waals surface area (Å²) >= 11 is 0. The van der Waals surface area contributed by atoms with E-state index >= 15 is 0 Å². The molecule has 7 heteroatoms. The highest BCUT2D eigenvalue weighted by molar-refractivity contribution is 5.84. The Hall–Kier alpha value is -2.70. The molecule has 0 radical (unpaired) electrons. The molecule has 1 aromatic carbocycles. The van der Waals surface area contributed by atoms with E-state index in [4.69, 9.17) is 4.52 Å². The number of carbonyl (C=O) groups excluding carboxylic acids is 2. The molecule has 2 aromatic rings. The fourth-order valence-electron chi connectivity index (χ4n) is 3.16. The van der Waals surface area contributed by atoms with E-state index in [-0.39, 0.29) is 24.3 Å². The molecule has 130 valence electrons. The van der Waals surface area contributed by atoms with E-state index in [0.717, 1.165) is 18.4 Å². The standard InChI is InChI=1S/C18H20N4O3/c23-16-9-6-13(11-22(16)14-7-8-14)17(24)19-10-15-20-18(25-21-15)12-4-2-1-3-5-12/h1-5,13-14H,6-11H2,(H,19,24). The normalized spacial score (nSPS) is 20.6. The van der Waals surface area contributed by atoms with Gasteiger partial charge in [-0.15, -0.1) is 0 Å². The van der Waals surface area contributed by atoms with Gasteiger partial charge in [0.15, 0.2) is 5.82 Å². The Morgan fingerprint density at radius 3 is 2.80 bits per heavy atom. The van der Waals surface area contributed by atoms with E-state index in [1.54, 1.807) is 0 Å². The van der Waals surface area contributed by atoms with Crippen molar-refractivity contribution in [2.75, 3.05) is 6.54 Å². The summed E-state index contributed by atoms with van der Waals surface area (Å²) in [6.07, 6.45) is 3.18. The van der Waals surface area contributed by atoms with E-state index in [1.807, 2.05) is 35.2 Å². The lowest BCUT2D eigenvalue weighted by molar-refractivity contribution is -0.138. The highest BCUT2D eigenvalue weighted by atomic mass is 16.5. The van der Waals surface area contributed by atoms with Crippen LogP contribution in [0.25, 0.3) is 11.5 Å². The van der Waals surface area contributed by atoms with Gasteiger partial charge in [0.05, 0.1) is 12.5 Å². The van der Waals surface area contributed by atoms with E-state index in [0.29, 0.717) is 37.1 Å². The average Bonchev–Trinajstić information content (AvgIpc) is 3.38. The molecule has 4 rings (SSSR count). The minimum atomic E-state index is -0.154. The molecule has 2 aliphatic rings. The molecule has 2 amide bonds. The second-order valence-corrected chi connectivity index (χ2v) is 6.61. The SMILES string of the molecule is O=C(NCc1noc(-c2ccccc2)n1)C1CCC(=O)N(C2CC2)C1. The number of carbonyl (C=O) groups is 2. The van der Waals surface area contributed by atoms with Crippen LogP contribution in [0, 0.1) is 5.92 Å². The first-order valence-corrected chi connectivity index (χ1v) is 8.66. The fourth-order valence-corrected chi connectivity index (χ4v) is 3.16. The molecule has 0 bridgehead atoms. The molecule has 1 aliphatic heterocycles. The van der Waals surface area contributed by atoms with Crippen molar-refractivity contribution < 1.29 is 14.1 Å². The third kappa shape index (κ3) is 3.55. The molecule has 1 unspecified atom stereocenters. The summed E-state index contributed by atoms with van der Waals surface area (Å²) in [6, 6.07) is 9.85. The third-order valence-electron chi connectivity index (χ3n) is 4.71. The molecular weight excluding hydrogens is 320 g/mol. The number of aromatic nitrogens is 2. The Labute approximate surface area is 145 Å². The van der Waals surface area contributed by atoms with Gasteiger partial charge in [-0.05, 0) is 31.4 Å². The number of benzene rings is 1. The van der Waals surface area contributed by atoms with Crippen LogP contribution in [-0.4, -0.2) is 39.4 Å². The van der Waals surface area contributed by atoms with Crippen molar-refractivity contribution in [1.82, 2.24) is 20.4 Å². The first-order valence-electron chi connectivity index (χ1n) is 8.66. The first kappa shape index (κ1) is 15.8. The molecule has 7 nitrogen and oxygen atoms in total. The number of nitrogens with one attached hydrogen (secondary N) is 1. The van der Waals surface area contributed by atoms with Crippen molar-refractivity contribution in [3.63, 3.8) is 0 Å². The molecule has 0 spiro atoms. The molecule has 25 heavy (non-hydrogen) atoms. The van der Waals surface area contributed by atoms with Gasteiger partial charge in [0.25, 0.3) is 5.89 Å². The smallest absolute Gasteiger partial charge is 0.257 e. The predicted octanol–water partition coefficient (Wildman–Crippen LogP) is 1.75. The predicted molar refractivity (Wildman–Crippen MR) is 89.0 cm³/mol. The van der Waals surface area contributed by atoms with Crippen LogP contribution in [0.2, 0.25) is 0 Å². The molecule has 1 aliphatic carbocycles. The Balaban J connectivity index is 1.33. The van der Waals surface area contributed by atoms with Crippen molar-refractivity contribution in [1.29, 1.82) is 0 Å².